The molecule has 2 heteroatoms. The summed E-state index contributed by atoms with van der Waals surface area (Å²) in [6, 6.07) is 0. The van der Waals surface area contributed by atoms with Gasteiger partial charge >= 0.3 is 0 Å². The highest BCUT2D eigenvalue weighted by Gasteiger charge is 2.43. The average Bonchev–Trinajstić information content (AvgIpc) is 3.13. The Bertz CT molecular complexity index is 262. The number of ether oxygens (including phenoxy) is 1. The molecule has 1 fully saturated rings. The van der Waals surface area contributed by atoms with Crippen molar-refractivity contribution >= 4 is 0 Å². The third kappa shape index (κ3) is 4.46. The van der Waals surface area contributed by atoms with E-state index in [0.717, 1.165) is 18.3 Å². The Morgan fingerprint density at radius 1 is 1.11 bits per heavy atom. The molecule has 5 unspecified atom stereocenters. The molecule has 0 saturated carbocycles. The van der Waals surface area contributed by atoms with Crippen molar-refractivity contribution in [2.45, 2.75) is 79.4 Å². The minimum absolute atomic E-state index is 0.118. The normalized spacial score (nSPS) is 27.9. The van der Waals surface area contributed by atoms with Crippen molar-refractivity contribution in [2.75, 3.05) is 6.61 Å². The van der Waals surface area contributed by atoms with E-state index in [9.17, 15) is 0 Å². The van der Waals surface area contributed by atoms with Crippen LogP contribution in [0.15, 0.2) is 0 Å². The highest BCUT2D eigenvalue weighted by Crippen LogP contribution is 2.44. The lowest BCUT2D eigenvalue weighted by atomic mass is 9.65. The summed E-state index contributed by atoms with van der Waals surface area (Å²) < 4.78 is 5.50. The first kappa shape index (κ1) is 17.0. The van der Waals surface area contributed by atoms with E-state index in [2.05, 4.69) is 41.5 Å². The Morgan fingerprint density at radius 2 is 1.74 bits per heavy atom. The van der Waals surface area contributed by atoms with Crippen LogP contribution in [0.3, 0.4) is 0 Å². The van der Waals surface area contributed by atoms with E-state index in [-0.39, 0.29) is 12.7 Å². The molecule has 0 aliphatic carbocycles. The van der Waals surface area contributed by atoms with Gasteiger partial charge in [0.1, 0.15) is 6.10 Å². The second-order valence-electron chi connectivity index (χ2n) is 7.21. The van der Waals surface area contributed by atoms with Gasteiger partial charge in [0.25, 0.3) is 0 Å². The fraction of sp³-hybridized carbons (Fsp3) is 1.00. The molecule has 1 saturated heterocycles. The van der Waals surface area contributed by atoms with Crippen LogP contribution in [-0.2, 0) is 4.74 Å². The molecule has 0 aromatic carbocycles. The summed E-state index contributed by atoms with van der Waals surface area (Å²) in [6.07, 6.45) is 5.39. The molecule has 0 amide bonds. The molecule has 1 aliphatic heterocycles. The van der Waals surface area contributed by atoms with Crippen LogP contribution in [0.2, 0.25) is 0 Å². The Hall–Kier alpha value is -0.0800. The maximum Gasteiger partial charge on any atom is 0.107 e. The average molecular weight is 270 g/mol. The van der Waals surface area contributed by atoms with Crippen LogP contribution >= 0.6 is 0 Å². The number of epoxide rings is 1. The Kier molecular flexibility index (Phi) is 6.32. The van der Waals surface area contributed by atoms with Gasteiger partial charge in [0.15, 0.2) is 0 Å². The second-order valence-corrected chi connectivity index (χ2v) is 7.21. The number of hydrogen-bond acceptors (Lipinski definition) is 2. The van der Waals surface area contributed by atoms with Crippen molar-refractivity contribution in [3.63, 3.8) is 0 Å². The molecule has 1 rings (SSSR count). The van der Waals surface area contributed by atoms with Crippen molar-refractivity contribution in [2.24, 2.45) is 23.2 Å². The van der Waals surface area contributed by atoms with E-state index < -0.39 is 0 Å². The van der Waals surface area contributed by atoms with Crippen LogP contribution in [0.25, 0.3) is 0 Å². The first-order chi connectivity index (χ1) is 8.86. The fourth-order valence-corrected chi connectivity index (χ4v) is 3.25. The quantitative estimate of drug-likeness (QED) is 0.635. The van der Waals surface area contributed by atoms with Gasteiger partial charge in [-0.15, -0.1) is 0 Å². The standard InChI is InChI=1S/C17H34O2/c1-7-12(3)9-14(8-2)17(5,6)13(4)10-15-16(11-18)19-15/h12-16,18H,7-11H2,1-6H3. The molecule has 0 aromatic heterocycles. The molecular weight excluding hydrogens is 236 g/mol. The summed E-state index contributed by atoms with van der Waals surface area (Å²) >= 11 is 0. The molecule has 2 nitrogen and oxygen atoms in total. The third-order valence-corrected chi connectivity index (χ3v) is 5.65. The topological polar surface area (TPSA) is 32.8 Å². The predicted octanol–water partition coefficient (Wildman–Crippen LogP) is 4.26. The predicted molar refractivity (Wildman–Crippen MR) is 81.2 cm³/mol. The maximum atomic E-state index is 9.07. The van der Waals surface area contributed by atoms with Crippen molar-refractivity contribution < 1.29 is 9.84 Å². The molecule has 5 atom stereocenters. The highest BCUT2D eigenvalue weighted by molar-refractivity contribution is 4.91. The lowest BCUT2D eigenvalue weighted by Crippen LogP contribution is -2.33. The molecule has 114 valence electrons. The largest absolute Gasteiger partial charge is 0.394 e. The smallest absolute Gasteiger partial charge is 0.107 e. The van der Waals surface area contributed by atoms with Gasteiger partial charge in [-0.2, -0.15) is 0 Å². The van der Waals surface area contributed by atoms with Crippen molar-refractivity contribution in [1.29, 1.82) is 0 Å². The second kappa shape index (κ2) is 7.08. The number of aliphatic hydroxyl groups is 1. The van der Waals surface area contributed by atoms with Crippen LogP contribution in [0.1, 0.15) is 67.2 Å². The summed E-state index contributed by atoms with van der Waals surface area (Å²) in [7, 11) is 0. The monoisotopic (exact) mass is 270 g/mol. The minimum atomic E-state index is 0.118. The zero-order valence-corrected chi connectivity index (χ0v) is 13.8. The fourth-order valence-electron chi connectivity index (χ4n) is 3.25. The van der Waals surface area contributed by atoms with Crippen molar-refractivity contribution in [1.82, 2.24) is 0 Å². The molecule has 0 aromatic rings. The van der Waals surface area contributed by atoms with Gasteiger partial charge in [0.05, 0.1) is 12.7 Å². The SMILES string of the molecule is CCC(C)CC(CC)C(C)(C)C(C)CC1OC1CO. The zero-order chi connectivity index (χ0) is 14.6. The minimum Gasteiger partial charge on any atom is -0.394 e. The van der Waals surface area contributed by atoms with Crippen LogP contribution < -0.4 is 0 Å². The molecule has 0 radical (unpaired) electrons. The van der Waals surface area contributed by atoms with Crippen LogP contribution in [0.5, 0.6) is 0 Å². The molecule has 1 aliphatic rings. The van der Waals surface area contributed by atoms with Crippen LogP contribution in [0, 0.1) is 23.2 Å². The van der Waals surface area contributed by atoms with E-state index in [1.165, 1.54) is 19.3 Å². The number of hydrogen-bond donors (Lipinski definition) is 1. The Balaban J connectivity index is 2.54. The van der Waals surface area contributed by atoms with Crippen LogP contribution in [-0.4, -0.2) is 23.9 Å². The third-order valence-electron chi connectivity index (χ3n) is 5.65. The first-order valence-corrected chi connectivity index (χ1v) is 8.12. The lowest BCUT2D eigenvalue weighted by molar-refractivity contribution is 0.0889. The van der Waals surface area contributed by atoms with E-state index in [4.69, 9.17) is 9.84 Å². The van der Waals surface area contributed by atoms with Gasteiger partial charge in [-0.3, -0.25) is 0 Å². The van der Waals surface area contributed by atoms with Gasteiger partial charge in [-0.1, -0.05) is 54.4 Å². The van der Waals surface area contributed by atoms with E-state index >= 15 is 0 Å². The highest BCUT2D eigenvalue weighted by atomic mass is 16.6. The van der Waals surface area contributed by atoms with Crippen molar-refractivity contribution in [3.05, 3.63) is 0 Å². The van der Waals surface area contributed by atoms with Crippen molar-refractivity contribution in [3.8, 4) is 0 Å². The van der Waals surface area contributed by atoms with Gasteiger partial charge in [0, 0.05) is 0 Å². The Morgan fingerprint density at radius 3 is 2.16 bits per heavy atom. The maximum absolute atomic E-state index is 9.07. The lowest BCUT2D eigenvalue weighted by Gasteiger charge is -2.40. The van der Waals surface area contributed by atoms with Crippen LogP contribution in [0.4, 0.5) is 0 Å². The van der Waals surface area contributed by atoms with Gasteiger partial charge < -0.3 is 9.84 Å². The number of aliphatic hydroxyl groups excluding tert-OH is 1. The molecule has 0 spiro atoms. The number of rotatable bonds is 9. The summed E-state index contributed by atoms with van der Waals surface area (Å²) in [5, 5.41) is 9.07. The molecule has 1 N–H and O–H groups in total. The zero-order valence-electron chi connectivity index (χ0n) is 13.8. The Labute approximate surface area is 119 Å². The van der Waals surface area contributed by atoms with Gasteiger partial charge in [-0.25, -0.2) is 0 Å². The summed E-state index contributed by atoms with van der Waals surface area (Å²) in [6.45, 7) is 14.4. The van der Waals surface area contributed by atoms with E-state index in [0.29, 0.717) is 17.4 Å². The molecular formula is C17H34O2. The van der Waals surface area contributed by atoms with Gasteiger partial charge in [-0.05, 0) is 36.0 Å². The molecule has 19 heavy (non-hydrogen) atoms. The summed E-state index contributed by atoms with van der Waals surface area (Å²) in [5.74, 6) is 2.24. The first-order valence-electron chi connectivity index (χ1n) is 8.12. The molecule has 1 heterocycles. The summed E-state index contributed by atoms with van der Waals surface area (Å²) in [4.78, 5) is 0. The summed E-state index contributed by atoms with van der Waals surface area (Å²) in [5.41, 5.74) is 0.351. The molecule has 0 bridgehead atoms. The van der Waals surface area contributed by atoms with E-state index in [1.807, 2.05) is 0 Å². The van der Waals surface area contributed by atoms with Gasteiger partial charge in [0.2, 0.25) is 0 Å². The van der Waals surface area contributed by atoms with E-state index in [1.54, 1.807) is 0 Å².